The van der Waals surface area contributed by atoms with Crippen molar-refractivity contribution >= 4 is 27.9 Å². The highest BCUT2D eigenvalue weighted by atomic mass is 79.9. The number of hydrogen-bond acceptors (Lipinski definition) is 5. The largest absolute Gasteiger partial charge is 0.382 e. The molecule has 22 heavy (non-hydrogen) atoms. The summed E-state index contributed by atoms with van der Waals surface area (Å²) < 4.78 is 6.52. The van der Waals surface area contributed by atoms with Gasteiger partial charge in [-0.1, -0.05) is 22.0 Å². The summed E-state index contributed by atoms with van der Waals surface area (Å²) in [5.41, 5.74) is 2.08. The van der Waals surface area contributed by atoms with E-state index < -0.39 is 6.10 Å². The lowest BCUT2D eigenvalue weighted by molar-refractivity contribution is 0.0226. The molecule has 0 spiro atoms. The molecule has 2 rings (SSSR count). The van der Waals surface area contributed by atoms with Gasteiger partial charge >= 0.3 is 0 Å². The number of ether oxygens (including phenoxy) is 1. The zero-order valence-corrected chi connectivity index (χ0v) is 14.3. The maximum atomic E-state index is 10.5. The highest BCUT2D eigenvalue weighted by Gasteiger charge is 2.17. The minimum absolute atomic E-state index is 0.161. The van der Waals surface area contributed by atoms with Crippen molar-refractivity contribution in [2.24, 2.45) is 15.9 Å². The highest BCUT2D eigenvalue weighted by molar-refractivity contribution is 9.10. The van der Waals surface area contributed by atoms with Crippen LogP contribution in [0.4, 0.5) is 0 Å². The van der Waals surface area contributed by atoms with Gasteiger partial charge in [0.25, 0.3) is 0 Å². The molecule has 0 saturated carbocycles. The normalized spacial score (nSPS) is 21.2. The van der Waals surface area contributed by atoms with Gasteiger partial charge in [-0.15, -0.1) is 0 Å². The Morgan fingerprint density at radius 3 is 3.05 bits per heavy atom. The lowest BCUT2D eigenvalue weighted by Crippen LogP contribution is -2.23. The number of benzene rings is 1. The summed E-state index contributed by atoms with van der Waals surface area (Å²) in [6, 6.07) is 5.73. The van der Waals surface area contributed by atoms with Gasteiger partial charge in [0, 0.05) is 17.3 Å². The van der Waals surface area contributed by atoms with Crippen molar-refractivity contribution in [1.29, 1.82) is 0 Å². The smallest absolute Gasteiger partial charge is 0.125 e. The van der Waals surface area contributed by atoms with Crippen LogP contribution >= 0.6 is 15.9 Å². The van der Waals surface area contributed by atoms with Crippen molar-refractivity contribution in [3.8, 4) is 0 Å². The first-order valence-electron chi connectivity index (χ1n) is 7.45. The number of aliphatic hydroxyl groups is 1. The number of hydrogen-bond donors (Lipinski definition) is 2. The van der Waals surface area contributed by atoms with Crippen LogP contribution in [0, 0.1) is 6.92 Å². The number of aliphatic imine (C=N–C) groups is 1. The zero-order chi connectivity index (χ0) is 15.9. The van der Waals surface area contributed by atoms with Gasteiger partial charge in [-0.05, 0) is 49.4 Å². The number of nitrogens with two attached hydrogens (primary N) is 1. The lowest BCUT2D eigenvalue weighted by Gasteiger charge is -2.20. The molecule has 3 N–H and O–H groups in total. The van der Waals surface area contributed by atoms with Gasteiger partial charge in [0.15, 0.2) is 0 Å². The molecule has 6 heteroatoms. The third-order valence-electron chi connectivity index (χ3n) is 3.77. The summed E-state index contributed by atoms with van der Waals surface area (Å²) in [5.74, 6) is 5.41. The topological polar surface area (TPSA) is 80.2 Å². The van der Waals surface area contributed by atoms with Crippen LogP contribution in [0.1, 0.15) is 36.5 Å². The number of hydrazone groups is 1. The van der Waals surface area contributed by atoms with Gasteiger partial charge in [-0.2, -0.15) is 5.10 Å². The molecule has 1 aliphatic rings. The molecule has 0 radical (unpaired) electrons. The fourth-order valence-electron chi connectivity index (χ4n) is 2.45. The van der Waals surface area contributed by atoms with E-state index in [0.29, 0.717) is 12.3 Å². The Labute approximate surface area is 139 Å². The van der Waals surface area contributed by atoms with Gasteiger partial charge in [-0.25, -0.2) is 0 Å². The number of rotatable bonds is 5. The number of nitrogens with zero attached hydrogens (tertiary/aromatic N) is 2. The van der Waals surface area contributed by atoms with Crippen LogP contribution in [0.3, 0.4) is 0 Å². The highest BCUT2D eigenvalue weighted by Crippen LogP contribution is 2.23. The van der Waals surface area contributed by atoms with Crippen LogP contribution in [0.25, 0.3) is 0 Å². The van der Waals surface area contributed by atoms with Crippen LogP contribution < -0.4 is 5.84 Å². The molecule has 1 heterocycles. The van der Waals surface area contributed by atoms with Crippen LogP contribution in [0.5, 0.6) is 0 Å². The molecule has 1 saturated heterocycles. The van der Waals surface area contributed by atoms with Gasteiger partial charge in [0.2, 0.25) is 0 Å². The van der Waals surface area contributed by atoms with Crippen molar-refractivity contribution in [3.63, 3.8) is 0 Å². The van der Waals surface area contributed by atoms with Crippen molar-refractivity contribution in [1.82, 2.24) is 0 Å². The maximum absolute atomic E-state index is 10.5. The van der Waals surface area contributed by atoms with E-state index in [9.17, 15) is 5.11 Å². The number of aliphatic hydroxyl groups excluding tert-OH is 1. The Morgan fingerprint density at radius 2 is 2.36 bits per heavy atom. The molecule has 2 unspecified atom stereocenters. The maximum Gasteiger partial charge on any atom is 0.125 e. The summed E-state index contributed by atoms with van der Waals surface area (Å²) in [6.45, 7) is 3.31. The minimum atomic E-state index is -0.890. The minimum Gasteiger partial charge on any atom is -0.382 e. The second kappa shape index (κ2) is 8.41. The van der Waals surface area contributed by atoms with E-state index in [-0.39, 0.29) is 6.10 Å². The fourth-order valence-corrected chi connectivity index (χ4v) is 2.83. The molecule has 0 aliphatic carbocycles. The molecule has 0 amide bonds. The Kier molecular flexibility index (Phi) is 6.54. The molecular formula is C16H22BrN3O2. The Morgan fingerprint density at radius 1 is 1.55 bits per heavy atom. The molecule has 1 aromatic carbocycles. The lowest BCUT2D eigenvalue weighted by atomic mass is 10.0. The third-order valence-corrected chi connectivity index (χ3v) is 4.26. The van der Waals surface area contributed by atoms with E-state index in [1.54, 1.807) is 6.21 Å². The van der Waals surface area contributed by atoms with Crippen molar-refractivity contribution in [2.45, 2.75) is 38.4 Å². The van der Waals surface area contributed by atoms with Crippen LogP contribution in [-0.4, -0.2) is 36.3 Å². The molecule has 1 aromatic rings. The van der Waals surface area contributed by atoms with E-state index in [1.807, 2.05) is 25.1 Å². The van der Waals surface area contributed by atoms with Crippen molar-refractivity contribution in [2.75, 3.05) is 13.2 Å². The van der Waals surface area contributed by atoms with Gasteiger partial charge < -0.3 is 15.7 Å². The Hall–Kier alpha value is -1.24. The van der Waals surface area contributed by atoms with Gasteiger partial charge in [0.05, 0.1) is 12.6 Å². The van der Waals surface area contributed by atoms with Crippen molar-refractivity contribution < 1.29 is 9.84 Å². The predicted molar refractivity (Wildman–Crippen MR) is 92.4 cm³/mol. The first-order valence-corrected chi connectivity index (χ1v) is 8.24. The average molecular weight is 368 g/mol. The van der Waals surface area contributed by atoms with E-state index in [0.717, 1.165) is 35.0 Å². The molecule has 1 fully saturated rings. The first kappa shape index (κ1) is 17.1. The summed E-state index contributed by atoms with van der Waals surface area (Å²) in [5, 5.41) is 14.1. The zero-order valence-electron chi connectivity index (χ0n) is 12.7. The number of halogens is 1. The molecule has 1 aliphatic heterocycles. The molecule has 0 bridgehead atoms. The first-order chi connectivity index (χ1) is 10.6. The van der Waals surface area contributed by atoms with Crippen LogP contribution in [0.15, 0.2) is 32.8 Å². The molecule has 5 nitrogen and oxygen atoms in total. The Balaban J connectivity index is 2.02. The molecule has 120 valence electrons. The Bertz CT molecular complexity index is 554. The van der Waals surface area contributed by atoms with Gasteiger partial charge in [0.1, 0.15) is 11.8 Å². The third kappa shape index (κ3) is 4.63. The second-order valence-corrected chi connectivity index (χ2v) is 6.36. The SMILES string of the molecule is Cc1ccc(Br)cc1C(O)/C(C=NCC1CCCCO1)=N/N. The summed E-state index contributed by atoms with van der Waals surface area (Å²) in [7, 11) is 0. The quantitative estimate of drug-likeness (QED) is 0.477. The summed E-state index contributed by atoms with van der Waals surface area (Å²) >= 11 is 3.41. The summed E-state index contributed by atoms with van der Waals surface area (Å²) in [4.78, 5) is 4.33. The van der Waals surface area contributed by atoms with E-state index in [2.05, 4.69) is 26.0 Å². The van der Waals surface area contributed by atoms with E-state index in [4.69, 9.17) is 10.6 Å². The van der Waals surface area contributed by atoms with Crippen LogP contribution in [-0.2, 0) is 4.74 Å². The monoisotopic (exact) mass is 367 g/mol. The molecule has 0 aromatic heterocycles. The predicted octanol–water partition coefficient (Wildman–Crippen LogP) is 2.75. The van der Waals surface area contributed by atoms with E-state index in [1.165, 1.54) is 6.42 Å². The van der Waals surface area contributed by atoms with Gasteiger partial charge in [-0.3, -0.25) is 4.99 Å². The van der Waals surface area contributed by atoms with Crippen molar-refractivity contribution in [3.05, 3.63) is 33.8 Å². The van der Waals surface area contributed by atoms with Crippen LogP contribution in [0.2, 0.25) is 0 Å². The molecular weight excluding hydrogens is 346 g/mol. The standard InChI is InChI=1S/C16H22BrN3O2/c1-11-5-6-12(17)8-14(11)16(21)15(20-18)10-19-9-13-4-2-3-7-22-13/h5-6,8,10,13,16,21H,2-4,7,9,18H2,1H3/b19-10?,20-15+. The number of aryl methyl sites for hydroxylation is 1. The van der Waals surface area contributed by atoms with E-state index >= 15 is 0 Å². The second-order valence-electron chi connectivity index (χ2n) is 5.44. The average Bonchev–Trinajstić information content (AvgIpc) is 2.54. The fraction of sp³-hybridized carbons (Fsp3) is 0.500. The molecule has 2 atom stereocenters. The summed E-state index contributed by atoms with van der Waals surface area (Å²) in [6.07, 6.45) is 4.14.